The first kappa shape index (κ1) is 13.7. The van der Waals surface area contributed by atoms with Crippen LogP contribution in [-0.4, -0.2) is 20.3 Å². The molecule has 0 radical (unpaired) electrons. The summed E-state index contributed by atoms with van der Waals surface area (Å²) in [6.07, 6.45) is 0. The first-order chi connectivity index (χ1) is 7.63. The zero-order valence-electron chi connectivity index (χ0n) is 10.2. The van der Waals surface area contributed by atoms with Crippen molar-refractivity contribution in [3.63, 3.8) is 0 Å². The Morgan fingerprint density at radius 2 is 1.88 bits per heavy atom. The third-order valence-electron chi connectivity index (χ3n) is 2.59. The fourth-order valence-corrected chi connectivity index (χ4v) is 1.86. The summed E-state index contributed by atoms with van der Waals surface area (Å²) in [5, 5.41) is 3.51. The molecule has 0 amide bonds. The maximum Gasteiger partial charge on any atom is 0.0499 e. The van der Waals surface area contributed by atoms with Gasteiger partial charge in [-0.15, -0.1) is 0 Å². The summed E-state index contributed by atoms with van der Waals surface area (Å²) in [6.45, 7) is 6.15. The maximum atomic E-state index is 5.11. The molecular weight excluding hydrogens is 266 g/mol. The number of hydrogen-bond donors (Lipinski definition) is 1. The third kappa shape index (κ3) is 4.64. The molecule has 3 heteroatoms. The van der Waals surface area contributed by atoms with E-state index in [-0.39, 0.29) is 0 Å². The van der Waals surface area contributed by atoms with Gasteiger partial charge in [0, 0.05) is 30.8 Å². The van der Waals surface area contributed by atoms with Crippen LogP contribution in [0.3, 0.4) is 0 Å². The molecule has 0 heterocycles. The Morgan fingerprint density at radius 1 is 1.25 bits per heavy atom. The summed E-state index contributed by atoms with van der Waals surface area (Å²) in [5.74, 6) is 0.544. The van der Waals surface area contributed by atoms with Crippen molar-refractivity contribution in [2.75, 3.05) is 20.3 Å². The highest BCUT2D eigenvalue weighted by Gasteiger charge is 2.07. The van der Waals surface area contributed by atoms with Crippen LogP contribution in [0.2, 0.25) is 0 Å². The minimum atomic E-state index is 0.382. The van der Waals surface area contributed by atoms with Crippen molar-refractivity contribution in [2.45, 2.75) is 19.9 Å². The Kier molecular flexibility index (Phi) is 6.03. The van der Waals surface area contributed by atoms with Crippen molar-refractivity contribution in [1.82, 2.24) is 5.32 Å². The lowest BCUT2D eigenvalue weighted by molar-refractivity contribution is 0.157. The second-order valence-corrected chi connectivity index (χ2v) is 5.16. The zero-order valence-corrected chi connectivity index (χ0v) is 11.8. The van der Waals surface area contributed by atoms with Crippen molar-refractivity contribution < 1.29 is 4.74 Å². The fourth-order valence-electron chi connectivity index (χ4n) is 1.59. The van der Waals surface area contributed by atoms with Gasteiger partial charge in [-0.05, 0) is 30.5 Å². The molecule has 2 atom stereocenters. The first-order valence-electron chi connectivity index (χ1n) is 5.61. The predicted octanol–water partition coefficient (Wildman–Crippen LogP) is 3.38. The van der Waals surface area contributed by atoms with Crippen LogP contribution in [0.5, 0.6) is 0 Å². The SMILES string of the molecule is COCC(C)CNC(C)c1ccc(Br)cc1. The van der Waals surface area contributed by atoms with Gasteiger partial charge >= 0.3 is 0 Å². The fraction of sp³-hybridized carbons (Fsp3) is 0.538. The molecule has 1 aromatic carbocycles. The Hall–Kier alpha value is -0.380. The van der Waals surface area contributed by atoms with Crippen LogP contribution in [0.1, 0.15) is 25.5 Å². The highest BCUT2D eigenvalue weighted by atomic mass is 79.9. The van der Waals surface area contributed by atoms with Crippen molar-refractivity contribution in [3.05, 3.63) is 34.3 Å². The van der Waals surface area contributed by atoms with E-state index in [1.807, 2.05) is 0 Å². The largest absolute Gasteiger partial charge is 0.384 e. The van der Waals surface area contributed by atoms with Gasteiger partial charge in [-0.2, -0.15) is 0 Å². The van der Waals surface area contributed by atoms with Crippen LogP contribution >= 0.6 is 15.9 Å². The lowest BCUT2D eigenvalue weighted by Gasteiger charge is -2.17. The number of hydrogen-bond acceptors (Lipinski definition) is 2. The molecule has 0 saturated heterocycles. The summed E-state index contributed by atoms with van der Waals surface area (Å²) in [7, 11) is 1.74. The molecule has 1 rings (SSSR count). The van der Waals surface area contributed by atoms with Crippen LogP contribution in [0.15, 0.2) is 28.7 Å². The van der Waals surface area contributed by atoms with Crippen LogP contribution in [0.25, 0.3) is 0 Å². The Labute approximate surface area is 107 Å². The molecule has 0 aliphatic heterocycles. The molecule has 0 bridgehead atoms. The molecule has 0 fully saturated rings. The van der Waals surface area contributed by atoms with Crippen LogP contribution in [0.4, 0.5) is 0 Å². The number of benzene rings is 1. The molecule has 16 heavy (non-hydrogen) atoms. The lowest BCUT2D eigenvalue weighted by atomic mass is 10.1. The van der Waals surface area contributed by atoms with E-state index < -0.39 is 0 Å². The molecular formula is C13H20BrNO. The molecule has 90 valence electrons. The summed E-state index contributed by atoms with van der Waals surface area (Å²) >= 11 is 3.44. The average Bonchev–Trinajstić information content (AvgIpc) is 2.27. The predicted molar refractivity (Wildman–Crippen MR) is 71.6 cm³/mol. The average molecular weight is 286 g/mol. The van der Waals surface area contributed by atoms with Gasteiger partial charge < -0.3 is 10.1 Å². The standard InChI is InChI=1S/C13H20BrNO/c1-10(9-16-3)8-15-11(2)12-4-6-13(14)7-5-12/h4-7,10-11,15H,8-9H2,1-3H3. The van der Waals surface area contributed by atoms with Crippen LogP contribution in [-0.2, 0) is 4.74 Å². The molecule has 1 N–H and O–H groups in total. The van der Waals surface area contributed by atoms with Crippen LogP contribution < -0.4 is 5.32 Å². The van der Waals surface area contributed by atoms with Crippen molar-refractivity contribution in [1.29, 1.82) is 0 Å². The summed E-state index contributed by atoms with van der Waals surface area (Å²) < 4.78 is 6.23. The van der Waals surface area contributed by atoms with Gasteiger partial charge in [-0.25, -0.2) is 0 Å². The number of methoxy groups -OCH3 is 1. The molecule has 0 saturated carbocycles. The summed E-state index contributed by atoms with van der Waals surface area (Å²) in [5.41, 5.74) is 1.31. The minimum absolute atomic E-state index is 0.382. The van der Waals surface area contributed by atoms with Gasteiger partial charge in [0.1, 0.15) is 0 Å². The van der Waals surface area contributed by atoms with E-state index in [0.29, 0.717) is 12.0 Å². The number of halogens is 1. The maximum absolute atomic E-state index is 5.11. The van der Waals surface area contributed by atoms with E-state index in [2.05, 4.69) is 59.4 Å². The number of ether oxygens (including phenoxy) is 1. The van der Waals surface area contributed by atoms with Crippen molar-refractivity contribution >= 4 is 15.9 Å². The highest BCUT2D eigenvalue weighted by Crippen LogP contribution is 2.16. The Morgan fingerprint density at radius 3 is 2.44 bits per heavy atom. The van der Waals surface area contributed by atoms with Crippen LogP contribution in [0, 0.1) is 5.92 Å². The van der Waals surface area contributed by atoms with Crippen molar-refractivity contribution in [3.8, 4) is 0 Å². The van der Waals surface area contributed by atoms with E-state index >= 15 is 0 Å². The smallest absolute Gasteiger partial charge is 0.0499 e. The number of nitrogens with one attached hydrogen (secondary N) is 1. The molecule has 0 aliphatic carbocycles. The molecule has 2 nitrogen and oxygen atoms in total. The molecule has 0 aromatic heterocycles. The quantitative estimate of drug-likeness (QED) is 0.865. The van der Waals surface area contributed by atoms with Gasteiger partial charge in [0.05, 0.1) is 0 Å². The molecule has 0 spiro atoms. The van der Waals surface area contributed by atoms with Gasteiger partial charge in [-0.3, -0.25) is 0 Å². The lowest BCUT2D eigenvalue weighted by Crippen LogP contribution is -2.26. The number of rotatable bonds is 6. The molecule has 2 unspecified atom stereocenters. The van der Waals surface area contributed by atoms with E-state index in [1.54, 1.807) is 7.11 Å². The van der Waals surface area contributed by atoms with E-state index in [9.17, 15) is 0 Å². The van der Waals surface area contributed by atoms with Crippen molar-refractivity contribution in [2.24, 2.45) is 5.92 Å². The summed E-state index contributed by atoms with van der Waals surface area (Å²) in [6, 6.07) is 8.82. The molecule has 1 aromatic rings. The first-order valence-corrected chi connectivity index (χ1v) is 6.40. The van der Waals surface area contributed by atoms with Gasteiger partial charge in [0.2, 0.25) is 0 Å². The zero-order chi connectivity index (χ0) is 12.0. The van der Waals surface area contributed by atoms with Gasteiger partial charge in [0.15, 0.2) is 0 Å². The third-order valence-corrected chi connectivity index (χ3v) is 3.12. The molecule has 0 aliphatic rings. The Bertz CT molecular complexity index is 299. The van der Waals surface area contributed by atoms with Gasteiger partial charge in [-0.1, -0.05) is 35.0 Å². The minimum Gasteiger partial charge on any atom is -0.384 e. The summed E-state index contributed by atoms with van der Waals surface area (Å²) in [4.78, 5) is 0. The highest BCUT2D eigenvalue weighted by molar-refractivity contribution is 9.10. The topological polar surface area (TPSA) is 21.3 Å². The van der Waals surface area contributed by atoms with E-state index in [4.69, 9.17) is 4.74 Å². The second kappa shape index (κ2) is 7.05. The normalized spacial score (nSPS) is 14.8. The monoisotopic (exact) mass is 285 g/mol. The Balaban J connectivity index is 2.40. The van der Waals surface area contributed by atoms with E-state index in [0.717, 1.165) is 17.6 Å². The van der Waals surface area contributed by atoms with E-state index in [1.165, 1.54) is 5.56 Å². The second-order valence-electron chi connectivity index (χ2n) is 4.24. The van der Waals surface area contributed by atoms with Gasteiger partial charge in [0.25, 0.3) is 0 Å².